The Morgan fingerprint density at radius 2 is 2.09 bits per heavy atom. The van der Waals surface area contributed by atoms with Crippen LogP contribution in [0.2, 0.25) is 0 Å². The Morgan fingerprint density at radius 1 is 1.38 bits per heavy atom. The minimum Gasteiger partial charge on any atom is -0.380 e. The number of halogens is 3. The van der Waals surface area contributed by atoms with Gasteiger partial charge >= 0.3 is 6.18 Å². The number of aliphatic hydroxyl groups is 1. The summed E-state index contributed by atoms with van der Waals surface area (Å²) in [4.78, 5) is 29.3. The fourth-order valence-corrected chi connectivity index (χ4v) is 4.50. The molecule has 3 aromatic rings. The number of fused-ring (bicyclic) bond motifs is 1. The van der Waals surface area contributed by atoms with Crippen LogP contribution in [-0.4, -0.2) is 65.2 Å². The number of hydrogen-bond acceptors (Lipinski definition) is 5. The quantitative estimate of drug-likeness (QED) is 0.631. The molecule has 3 aromatic heterocycles. The Morgan fingerprint density at radius 3 is 2.75 bits per heavy atom. The van der Waals surface area contributed by atoms with Gasteiger partial charge in [0.15, 0.2) is 5.60 Å². The lowest BCUT2D eigenvalue weighted by atomic mass is 9.72. The number of piperidine rings is 1. The summed E-state index contributed by atoms with van der Waals surface area (Å²) in [5.41, 5.74) is -2.33. The predicted molar refractivity (Wildman–Crippen MR) is 108 cm³/mol. The summed E-state index contributed by atoms with van der Waals surface area (Å²) in [5.74, 6) is -2.75. The summed E-state index contributed by atoms with van der Waals surface area (Å²) in [7, 11) is 0. The minimum absolute atomic E-state index is 0.0599. The third kappa shape index (κ3) is 3.20. The third-order valence-corrected chi connectivity index (χ3v) is 6.37. The molecule has 0 aromatic carbocycles. The van der Waals surface area contributed by atoms with Crippen molar-refractivity contribution < 1.29 is 23.1 Å². The Balaban J connectivity index is 1.65. The largest absolute Gasteiger partial charge is 0.417 e. The average Bonchev–Trinajstić information content (AvgIpc) is 3.35. The molecule has 0 spiro atoms. The van der Waals surface area contributed by atoms with Crippen molar-refractivity contribution in [3.05, 3.63) is 46.1 Å². The van der Waals surface area contributed by atoms with Crippen LogP contribution in [0.3, 0.4) is 0 Å². The van der Waals surface area contributed by atoms with Gasteiger partial charge in [-0.1, -0.05) is 13.8 Å². The number of rotatable bonds is 3. The molecule has 32 heavy (non-hydrogen) atoms. The molecule has 3 unspecified atom stereocenters. The highest BCUT2D eigenvalue weighted by Crippen LogP contribution is 2.46. The Kier molecular flexibility index (Phi) is 5.15. The molecule has 1 aliphatic rings. The fraction of sp³-hybridized carbons (Fsp3) is 0.500. The van der Waals surface area contributed by atoms with Crippen LogP contribution in [0.4, 0.5) is 13.2 Å². The predicted octanol–water partition coefficient (Wildman–Crippen LogP) is 1.93. The fourth-order valence-electron chi connectivity index (χ4n) is 4.50. The molecule has 172 valence electrons. The molecule has 9 nitrogen and oxygen atoms in total. The maximum atomic E-state index is 13.6. The summed E-state index contributed by atoms with van der Waals surface area (Å²) in [5, 5.41) is 18.9. The van der Waals surface area contributed by atoms with E-state index in [-0.39, 0.29) is 36.6 Å². The molecule has 1 amide bonds. The van der Waals surface area contributed by atoms with Crippen molar-refractivity contribution >= 4 is 11.4 Å². The van der Waals surface area contributed by atoms with Crippen molar-refractivity contribution in [1.29, 1.82) is 0 Å². The van der Waals surface area contributed by atoms with Crippen LogP contribution in [0.5, 0.6) is 0 Å². The van der Waals surface area contributed by atoms with Crippen molar-refractivity contribution in [2.45, 2.75) is 39.0 Å². The van der Waals surface area contributed by atoms with E-state index in [1.165, 1.54) is 27.2 Å². The normalized spacial score (nSPS) is 24.3. The maximum Gasteiger partial charge on any atom is 0.417 e. The highest BCUT2D eigenvalue weighted by molar-refractivity contribution is 5.95. The van der Waals surface area contributed by atoms with E-state index in [2.05, 4.69) is 15.2 Å². The minimum atomic E-state index is -4.79. The monoisotopic (exact) mass is 452 g/mol. The number of amides is 1. The first-order valence-electron chi connectivity index (χ1n) is 10.2. The maximum absolute atomic E-state index is 13.6. The van der Waals surface area contributed by atoms with E-state index in [1.807, 2.05) is 0 Å². The van der Waals surface area contributed by atoms with E-state index >= 15 is 0 Å². The zero-order chi connectivity index (χ0) is 23.4. The number of carbonyl (C=O) groups is 1. The van der Waals surface area contributed by atoms with E-state index in [4.69, 9.17) is 0 Å². The van der Waals surface area contributed by atoms with Gasteiger partial charge in [0.25, 0.3) is 11.5 Å². The van der Waals surface area contributed by atoms with E-state index < -0.39 is 29.5 Å². The zero-order valence-electron chi connectivity index (χ0n) is 17.7. The lowest BCUT2D eigenvalue weighted by Crippen LogP contribution is -2.65. The number of H-pyrrole nitrogens is 1. The lowest BCUT2D eigenvalue weighted by Gasteiger charge is -2.49. The van der Waals surface area contributed by atoms with Gasteiger partial charge in [-0.2, -0.15) is 18.3 Å². The Hall–Kier alpha value is -3.15. The van der Waals surface area contributed by atoms with Crippen LogP contribution in [-0.2, 0) is 0 Å². The second kappa shape index (κ2) is 7.47. The molecular formula is C20H23F3N6O3. The topological polar surface area (TPSA) is 109 Å². The number of alkyl halides is 3. The number of hydrogen-bond donors (Lipinski definition) is 2. The number of aromatic nitrogens is 5. The van der Waals surface area contributed by atoms with Crippen LogP contribution in [0.1, 0.15) is 36.3 Å². The van der Waals surface area contributed by atoms with Crippen LogP contribution in [0.15, 0.2) is 29.3 Å². The summed E-state index contributed by atoms with van der Waals surface area (Å²) < 4.78 is 43.6. The zero-order valence-corrected chi connectivity index (χ0v) is 17.7. The Labute approximate surface area is 180 Å². The van der Waals surface area contributed by atoms with E-state index in [1.54, 1.807) is 32.2 Å². The first-order valence-corrected chi connectivity index (χ1v) is 10.2. The molecule has 0 bridgehead atoms. The first kappa shape index (κ1) is 22.1. The molecule has 12 heteroatoms. The van der Waals surface area contributed by atoms with Crippen LogP contribution in [0.25, 0.3) is 11.5 Å². The standard InChI is InChI=1S/C20H23F3N6O3/c1-4-13-10-27(9-11(2)19(13,32)20(21,22)23)17(31)14-8-24-29(12(14)3)18-25-16(30)15-6-5-7-28(15)26-18/h5-8,11,13,32H,4,9-10H2,1-3H3,(H,25,26,30). The number of nitrogens with zero attached hydrogens (tertiary/aromatic N) is 5. The summed E-state index contributed by atoms with van der Waals surface area (Å²) in [6.07, 6.45) is -1.84. The number of likely N-dealkylation sites (tertiary alicyclic amines) is 1. The van der Waals surface area contributed by atoms with Gasteiger partial charge in [0.2, 0.25) is 5.95 Å². The van der Waals surface area contributed by atoms with Crippen LogP contribution >= 0.6 is 0 Å². The molecule has 3 atom stereocenters. The third-order valence-electron chi connectivity index (χ3n) is 6.37. The second-order valence-corrected chi connectivity index (χ2v) is 8.21. The van der Waals surface area contributed by atoms with Crippen molar-refractivity contribution in [2.24, 2.45) is 11.8 Å². The molecule has 0 aliphatic carbocycles. The lowest BCUT2D eigenvalue weighted by molar-refractivity contribution is -0.308. The first-order chi connectivity index (χ1) is 15.0. The van der Waals surface area contributed by atoms with Gasteiger partial charge in [0.05, 0.1) is 17.5 Å². The van der Waals surface area contributed by atoms with Gasteiger partial charge in [-0.25, -0.2) is 9.20 Å². The van der Waals surface area contributed by atoms with Gasteiger partial charge < -0.3 is 10.0 Å². The van der Waals surface area contributed by atoms with Gasteiger partial charge in [0.1, 0.15) is 5.52 Å². The van der Waals surface area contributed by atoms with E-state index in [0.29, 0.717) is 11.2 Å². The van der Waals surface area contributed by atoms with E-state index in [0.717, 1.165) is 0 Å². The molecule has 2 N–H and O–H groups in total. The van der Waals surface area contributed by atoms with Gasteiger partial charge in [-0.15, -0.1) is 5.10 Å². The molecule has 4 heterocycles. The van der Waals surface area contributed by atoms with E-state index in [9.17, 15) is 27.9 Å². The average molecular weight is 452 g/mol. The summed E-state index contributed by atoms with van der Waals surface area (Å²) >= 11 is 0. The number of aromatic amines is 1. The van der Waals surface area contributed by atoms with Crippen LogP contribution in [0, 0.1) is 18.8 Å². The number of carbonyl (C=O) groups excluding carboxylic acids is 1. The molecular weight excluding hydrogens is 429 g/mol. The van der Waals surface area contributed by atoms with Gasteiger partial charge in [-0.3, -0.25) is 14.6 Å². The van der Waals surface area contributed by atoms with Crippen molar-refractivity contribution in [3.63, 3.8) is 0 Å². The molecule has 0 radical (unpaired) electrons. The number of nitrogens with one attached hydrogen (secondary N) is 1. The molecule has 1 fully saturated rings. The molecule has 4 rings (SSSR count). The molecule has 0 saturated carbocycles. The summed E-state index contributed by atoms with van der Waals surface area (Å²) in [6.45, 7) is 3.99. The van der Waals surface area contributed by atoms with Gasteiger partial charge in [0, 0.05) is 31.1 Å². The smallest absolute Gasteiger partial charge is 0.380 e. The summed E-state index contributed by atoms with van der Waals surface area (Å²) in [6, 6.07) is 3.26. The highest BCUT2D eigenvalue weighted by Gasteiger charge is 2.63. The van der Waals surface area contributed by atoms with Crippen molar-refractivity contribution in [2.75, 3.05) is 13.1 Å². The van der Waals surface area contributed by atoms with Crippen molar-refractivity contribution in [1.82, 2.24) is 29.3 Å². The molecule has 1 saturated heterocycles. The SMILES string of the molecule is CCC1CN(C(=O)c2cnn(-c3nn4cccc4c(=O)[nH]3)c2C)CC(C)C1(O)C(F)(F)F. The highest BCUT2D eigenvalue weighted by atomic mass is 19.4. The molecule has 1 aliphatic heterocycles. The van der Waals surface area contributed by atoms with Crippen LogP contribution < -0.4 is 5.56 Å². The second-order valence-electron chi connectivity index (χ2n) is 8.21. The Bertz CT molecular complexity index is 1230. The van der Waals surface area contributed by atoms with Gasteiger partial charge in [-0.05, 0) is 25.5 Å². The van der Waals surface area contributed by atoms with Crippen molar-refractivity contribution in [3.8, 4) is 5.95 Å².